The van der Waals surface area contributed by atoms with Crippen LogP contribution in [-0.4, -0.2) is 19.7 Å². The van der Waals surface area contributed by atoms with E-state index in [9.17, 15) is 8.42 Å². The van der Waals surface area contributed by atoms with E-state index in [1.54, 1.807) is 24.5 Å². The lowest BCUT2D eigenvalue weighted by atomic mass is 10.00. The molecule has 0 spiro atoms. The van der Waals surface area contributed by atoms with Gasteiger partial charge in [0.25, 0.3) is 0 Å². The molecule has 0 amide bonds. The summed E-state index contributed by atoms with van der Waals surface area (Å²) in [5, 5.41) is 0. The van der Waals surface area contributed by atoms with Crippen molar-refractivity contribution < 1.29 is 8.42 Å². The summed E-state index contributed by atoms with van der Waals surface area (Å²) in [6, 6.07) is 19.0. The third-order valence-corrected chi connectivity index (χ3v) is 4.62. The molecule has 22 heavy (non-hydrogen) atoms. The van der Waals surface area contributed by atoms with Gasteiger partial charge in [-0.05, 0) is 52.6 Å². The maximum Gasteiger partial charge on any atom is 0.175 e. The maximum absolute atomic E-state index is 11.5. The fraction of sp³-hybridized carbons (Fsp3) is 0.0556. The van der Waals surface area contributed by atoms with Gasteiger partial charge < -0.3 is 0 Å². The summed E-state index contributed by atoms with van der Waals surface area (Å²) in [7, 11) is -3.16. The van der Waals surface area contributed by atoms with E-state index in [2.05, 4.69) is 11.1 Å². The van der Waals surface area contributed by atoms with Crippen molar-refractivity contribution >= 4 is 9.84 Å². The summed E-state index contributed by atoms with van der Waals surface area (Å²) in [5.41, 5.74) is 4.24. The first-order valence-electron chi connectivity index (χ1n) is 6.85. The summed E-state index contributed by atoms with van der Waals surface area (Å²) < 4.78 is 23.0. The van der Waals surface area contributed by atoms with E-state index in [-0.39, 0.29) is 0 Å². The van der Waals surface area contributed by atoms with E-state index >= 15 is 0 Å². The summed E-state index contributed by atoms with van der Waals surface area (Å²) in [6.07, 6.45) is 4.75. The zero-order chi connectivity index (χ0) is 15.6. The normalized spacial score (nSPS) is 11.3. The monoisotopic (exact) mass is 309 g/mol. The minimum Gasteiger partial charge on any atom is -0.265 e. The van der Waals surface area contributed by atoms with E-state index in [0.29, 0.717) is 4.90 Å². The van der Waals surface area contributed by atoms with Crippen LogP contribution in [0.15, 0.2) is 78.0 Å². The number of nitrogens with zero attached hydrogens (tertiary/aromatic N) is 1. The highest BCUT2D eigenvalue weighted by atomic mass is 32.2. The molecule has 4 heteroatoms. The van der Waals surface area contributed by atoms with Crippen LogP contribution in [0.25, 0.3) is 22.3 Å². The molecule has 2 aromatic carbocycles. The van der Waals surface area contributed by atoms with Crippen molar-refractivity contribution in [2.45, 2.75) is 4.90 Å². The summed E-state index contributed by atoms with van der Waals surface area (Å²) in [6.45, 7) is 0. The predicted molar refractivity (Wildman–Crippen MR) is 88.2 cm³/mol. The Morgan fingerprint density at radius 1 is 0.727 bits per heavy atom. The molecular formula is C18H15NO2S. The van der Waals surface area contributed by atoms with Gasteiger partial charge in [0, 0.05) is 18.6 Å². The second kappa shape index (κ2) is 5.73. The van der Waals surface area contributed by atoms with Crippen molar-refractivity contribution in [3.05, 3.63) is 73.1 Å². The van der Waals surface area contributed by atoms with Gasteiger partial charge in [0.15, 0.2) is 9.84 Å². The molecule has 0 saturated carbocycles. The zero-order valence-corrected chi connectivity index (χ0v) is 12.9. The van der Waals surface area contributed by atoms with Crippen molar-refractivity contribution in [1.29, 1.82) is 0 Å². The second-order valence-corrected chi connectivity index (χ2v) is 7.13. The Morgan fingerprint density at radius 2 is 1.27 bits per heavy atom. The maximum atomic E-state index is 11.5. The lowest BCUT2D eigenvalue weighted by Crippen LogP contribution is -1.96. The molecule has 0 aliphatic heterocycles. The van der Waals surface area contributed by atoms with Crippen LogP contribution in [0.1, 0.15) is 0 Å². The summed E-state index contributed by atoms with van der Waals surface area (Å²) in [5.74, 6) is 0. The van der Waals surface area contributed by atoms with Gasteiger partial charge in [0.05, 0.1) is 4.90 Å². The first kappa shape index (κ1) is 14.5. The van der Waals surface area contributed by atoms with Crippen molar-refractivity contribution in [3.8, 4) is 22.3 Å². The Kier molecular flexibility index (Phi) is 3.77. The van der Waals surface area contributed by atoms with Crippen LogP contribution in [0.4, 0.5) is 0 Å². The number of hydrogen-bond acceptors (Lipinski definition) is 3. The van der Waals surface area contributed by atoms with Crippen LogP contribution in [0.3, 0.4) is 0 Å². The number of hydrogen-bond donors (Lipinski definition) is 0. The van der Waals surface area contributed by atoms with Gasteiger partial charge in [-0.25, -0.2) is 8.42 Å². The van der Waals surface area contributed by atoms with Crippen molar-refractivity contribution in [1.82, 2.24) is 4.98 Å². The van der Waals surface area contributed by atoms with Crippen LogP contribution < -0.4 is 0 Å². The molecule has 1 aromatic heterocycles. The Bertz CT molecular complexity index is 886. The zero-order valence-electron chi connectivity index (χ0n) is 12.1. The lowest BCUT2D eigenvalue weighted by molar-refractivity contribution is 0.602. The second-order valence-electron chi connectivity index (χ2n) is 5.11. The molecule has 3 nitrogen and oxygen atoms in total. The third kappa shape index (κ3) is 3.07. The van der Waals surface area contributed by atoms with Gasteiger partial charge in [0.2, 0.25) is 0 Å². The highest BCUT2D eigenvalue weighted by molar-refractivity contribution is 7.90. The highest BCUT2D eigenvalue weighted by Gasteiger charge is 2.07. The first-order chi connectivity index (χ1) is 10.5. The van der Waals surface area contributed by atoms with E-state index in [0.717, 1.165) is 22.3 Å². The molecule has 0 saturated heterocycles. The Morgan fingerprint density at radius 3 is 1.82 bits per heavy atom. The van der Waals surface area contributed by atoms with E-state index in [4.69, 9.17) is 0 Å². The number of rotatable bonds is 3. The van der Waals surface area contributed by atoms with E-state index in [1.165, 1.54) is 6.26 Å². The fourth-order valence-corrected chi connectivity index (χ4v) is 2.95. The molecule has 0 unspecified atom stereocenters. The fourth-order valence-electron chi connectivity index (χ4n) is 2.32. The molecular weight excluding hydrogens is 294 g/mol. The van der Waals surface area contributed by atoms with Crippen LogP contribution in [0, 0.1) is 0 Å². The van der Waals surface area contributed by atoms with Gasteiger partial charge in [0.1, 0.15) is 0 Å². The van der Waals surface area contributed by atoms with E-state index in [1.807, 2.05) is 42.5 Å². The number of benzene rings is 2. The van der Waals surface area contributed by atoms with Crippen LogP contribution >= 0.6 is 0 Å². The van der Waals surface area contributed by atoms with Gasteiger partial charge in [-0.1, -0.05) is 30.3 Å². The Labute approximate surface area is 130 Å². The number of pyridine rings is 1. The van der Waals surface area contributed by atoms with Gasteiger partial charge in [-0.15, -0.1) is 0 Å². The van der Waals surface area contributed by atoms with Gasteiger partial charge >= 0.3 is 0 Å². The average Bonchev–Trinajstić information content (AvgIpc) is 2.55. The van der Waals surface area contributed by atoms with Gasteiger partial charge in [-0.3, -0.25) is 4.98 Å². The molecule has 0 radical (unpaired) electrons. The Balaban J connectivity index is 1.99. The molecule has 110 valence electrons. The molecule has 0 fully saturated rings. The van der Waals surface area contributed by atoms with Crippen molar-refractivity contribution in [3.63, 3.8) is 0 Å². The SMILES string of the molecule is CS(=O)(=O)c1ccc(-c2cccc(-c3ccncc3)c2)cc1. The molecule has 0 bridgehead atoms. The average molecular weight is 309 g/mol. The topological polar surface area (TPSA) is 47.0 Å². The molecule has 0 aliphatic carbocycles. The van der Waals surface area contributed by atoms with Crippen LogP contribution in [0.5, 0.6) is 0 Å². The molecule has 0 N–H and O–H groups in total. The predicted octanol–water partition coefficient (Wildman–Crippen LogP) is 3.82. The summed E-state index contributed by atoms with van der Waals surface area (Å²) >= 11 is 0. The molecule has 3 aromatic rings. The first-order valence-corrected chi connectivity index (χ1v) is 8.74. The quantitative estimate of drug-likeness (QED) is 0.739. The molecule has 1 heterocycles. The minimum absolute atomic E-state index is 0.335. The third-order valence-electron chi connectivity index (χ3n) is 3.49. The standard InChI is InChI=1S/C18H15NO2S/c1-22(20,21)18-7-5-14(6-8-18)16-3-2-4-17(13-16)15-9-11-19-12-10-15/h2-13H,1H3. The molecule has 0 atom stereocenters. The van der Waals surface area contributed by atoms with Crippen LogP contribution in [0.2, 0.25) is 0 Å². The van der Waals surface area contributed by atoms with Crippen molar-refractivity contribution in [2.75, 3.05) is 6.26 Å². The minimum atomic E-state index is -3.16. The Hall–Kier alpha value is -2.46. The largest absolute Gasteiger partial charge is 0.265 e. The highest BCUT2D eigenvalue weighted by Crippen LogP contribution is 2.26. The van der Waals surface area contributed by atoms with E-state index < -0.39 is 9.84 Å². The molecule has 3 rings (SSSR count). The summed E-state index contributed by atoms with van der Waals surface area (Å²) in [4.78, 5) is 4.36. The van der Waals surface area contributed by atoms with Crippen molar-refractivity contribution in [2.24, 2.45) is 0 Å². The molecule has 0 aliphatic rings. The smallest absolute Gasteiger partial charge is 0.175 e. The van der Waals surface area contributed by atoms with Crippen LogP contribution in [-0.2, 0) is 9.84 Å². The van der Waals surface area contributed by atoms with Gasteiger partial charge in [-0.2, -0.15) is 0 Å². The number of aromatic nitrogens is 1. The number of sulfone groups is 1. The lowest BCUT2D eigenvalue weighted by Gasteiger charge is -2.07.